The van der Waals surface area contributed by atoms with Gasteiger partial charge in [0, 0.05) is 32.2 Å². The van der Waals surface area contributed by atoms with Crippen LogP contribution in [0.2, 0.25) is 0 Å². The highest BCUT2D eigenvalue weighted by atomic mass is 79.9. The van der Waals surface area contributed by atoms with Crippen molar-refractivity contribution in [1.82, 2.24) is 4.98 Å². The lowest BCUT2D eigenvalue weighted by Crippen LogP contribution is -2.08. The van der Waals surface area contributed by atoms with Gasteiger partial charge in [-0.25, -0.2) is 0 Å². The zero-order valence-electron chi connectivity index (χ0n) is 7.92. The van der Waals surface area contributed by atoms with Gasteiger partial charge in [0.2, 0.25) is 0 Å². The molecule has 2 unspecified atom stereocenters. The molecule has 0 spiro atoms. The third-order valence-electron chi connectivity index (χ3n) is 2.49. The molecule has 1 aliphatic heterocycles. The van der Waals surface area contributed by atoms with Crippen molar-refractivity contribution in [3.05, 3.63) is 26.9 Å². The van der Waals surface area contributed by atoms with E-state index in [-0.39, 0.29) is 6.10 Å². The van der Waals surface area contributed by atoms with Crippen LogP contribution in [-0.4, -0.2) is 16.4 Å². The van der Waals surface area contributed by atoms with Crippen molar-refractivity contribution >= 4 is 47.8 Å². The van der Waals surface area contributed by atoms with Gasteiger partial charge in [-0.15, -0.1) is 0 Å². The van der Waals surface area contributed by atoms with Gasteiger partial charge < -0.3 is 4.74 Å². The maximum Gasteiger partial charge on any atom is 0.0853 e. The third kappa shape index (κ3) is 2.62. The number of rotatable bonds is 2. The van der Waals surface area contributed by atoms with Gasteiger partial charge in [-0.1, -0.05) is 15.9 Å². The van der Waals surface area contributed by atoms with Gasteiger partial charge in [0.1, 0.15) is 0 Å². The lowest BCUT2D eigenvalue weighted by Gasteiger charge is -2.15. The standard InChI is InChI=1S/C10H10Br3NO/c11-3-6-1-2-9(15-6)10-7(12)4-14-5-8(10)13/h4-6,9H,1-3H2. The van der Waals surface area contributed by atoms with Gasteiger partial charge in [-0.3, -0.25) is 4.98 Å². The Morgan fingerprint density at radius 1 is 1.27 bits per heavy atom. The van der Waals surface area contributed by atoms with E-state index in [1.54, 1.807) is 0 Å². The van der Waals surface area contributed by atoms with Crippen LogP contribution in [0, 0.1) is 0 Å². The van der Waals surface area contributed by atoms with E-state index in [0.29, 0.717) is 6.10 Å². The molecule has 82 valence electrons. The summed E-state index contributed by atoms with van der Waals surface area (Å²) in [7, 11) is 0. The number of ether oxygens (including phenoxy) is 1. The lowest BCUT2D eigenvalue weighted by molar-refractivity contribution is 0.0579. The van der Waals surface area contributed by atoms with Gasteiger partial charge in [-0.2, -0.15) is 0 Å². The zero-order valence-corrected chi connectivity index (χ0v) is 12.7. The summed E-state index contributed by atoms with van der Waals surface area (Å²) in [4.78, 5) is 4.10. The molecule has 1 aliphatic rings. The molecule has 0 bridgehead atoms. The van der Waals surface area contributed by atoms with Gasteiger partial charge in [-0.05, 0) is 44.7 Å². The monoisotopic (exact) mass is 397 g/mol. The highest BCUT2D eigenvalue weighted by molar-refractivity contribution is 9.11. The molecular weight excluding hydrogens is 390 g/mol. The van der Waals surface area contributed by atoms with Crippen molar-refractivity contribution < 1.29 is 4.74 Å². The predicted molar refractivity (Wildman–Crippen MR) is 70.3 cm³/mol. The minimum absolute atomic E-state index is 0.180. The fourth-order valence-corrected chi connectivity index (χ4v) is 3.68. The quantitative estimate of drug-likeness (QED) is 0.694. The van der Waals surface area contributed by atoms with Crippen LogP contribution >= 0.6 is 47.8 Å². The predicted octanol–water partition coefficient (Wildman–Crippen LogP) is 4.22. The molecule has 2 nitrogen and oxygen atoms in total. The van der Waals surface area contributed by atoms with E-state index in [9.17, 15) is 0 Å². The maximum atomic E-state index is 5.92. The molecule has 1 aromatic heterocycles. The summed E-state index contributed by atoms with van der Waals surface area (Å²) in [5.74, 6) is 0. The molecule has 0 radical (unpaired) electrons. The first-order chi connectivity index (χ1) is 7.22. The molecule has 0 amide bonds. The van der Waals surface area contributed by atoms with Crippen LogP contribution < -0.4 is 0 Å². The average Bonchev–Trinajstić information content (AvgIpc) is 2.66. The highest BCUT2D eigenvalue weighted by Crippen LogP contribution is 2.39. The molecule has 5 heteroatoms. The second-order valence-corrected chi connectivity index (χ2v) is 5.85. The van der Waals surface area contributed by atoms with Crippen LogP contribution in [0.1, 0.15) is 24.5 Å². The summed E-state index contributed by atoms with van der Waals surface area (Å²) in [5, 5.41) is 0.907. The molecule has 0 aliphatic carbocycles. The summed E-state index contributed by atoms with van der Waals surface area (Å²) in [6.45, 7) is 0. The van der Waals surface area contributed by atoms with Gasteiger partial charge in [0.05, 0.1) is 12.2 Å². The molecule has 0 aromatic carbocycles. The number of hydrogen-bond acceptors (Lipinski definition) is 2. The smallest absolute Gasteiger partial charge is 0.0853 e. The number of pyridine rings is 1. The normalized spacial score (nSPS) is 25.8. The van der Waals surface area contributed by atoms with Crippen LogP contribution in [-0.2, 0) is 4.74 Å². The van der Waals surface area contributed by atoms with E-state index in [4.69, 9.17) is 4.74 Å². The second kappa shape index (κ2) is 5.25. The summed E-state index contributed by atoms with van der Waals surface area (Å²) in [6, 6.07) is 0. The Bertz CT molecular complexity index is 338. The van der Waals surface area contributed by atoms with Crippen molar-refractivity contribution in [3.8, 4) is 0 Å². The molecule has 15 heavy (non-hydrogen) atoms. The third-order valence-corrected chi connectivity index (χ3v) is 4.48. The topological polar surface area (TPSA) is 22.1 Å². The van der Waals surface area contributed by atoms with Gasteiger partial charge >= 0.3 is 0 Å². The summed E-state index contributed by atoms with van der Waals surface area (Å²) >= 11 is 10.5. The summed E-state index contributed by atoms with van der Waals surface area (Å²) < 4.78 is 7.95. The van der Waals surface area contributed by atoms with E-state index in [1.165, 1.54) is 5.56 Å². The molecular formula is C10H10Br3NO. The number of aromatic nitrogens is 1. The van der Waals surface area contributed by atoms with E-state index in [0.717, 1.165) is 27.1 Å². The van der Waals surface area contributed by atoms with Gasteiger partial charge in [0.15, 0.2) is 0 Å². The SMILES string of the molecule is BrCC1CCC(c2c(Br)cncc2Br)O1. The largest absolute Gasteiger partial charge is 0.369 e. The Kier molecular flexibility index (Phi) is 4.21. The van der Waals surface area contributed by atoms with Crippen molar-refractivity contribution in [2.75, 3.05) is 5.33 Å². The zero-order chi connectivity index (χ0) is 10.8. The number of halogens is 3. The van der Waals surface area contributed by atoms with Crippen LogP contribution in [0.15, 0.2) is 21.3 Å². The molecule has 2 atom stereocenters. The fraction of sp³-hybridized carbons (Fsp3) is 0.500. The van der Waals surface area contributed by atoms with E-state index < -0.39 is 0 Å². The minimum Gasteiger partial charge on any atom is -0.369 e. The second-order valence-electron chi connectivity index (χ2n) is 3.50. The van der Waals surface area contributed by atoms with Crippen LogP contribution in [0.3, 0.4) is 0 Å². The Labute approximate surface area is 114 Å². The van der Waals surface area contributed by atoms with E-state index in [1.807, 2.05) is 12.4 Å². The first-order valence-electron chi connectivity index (χ1n) is 4.72. The molecule has 1 saturated heterocycles. The Balaban J connectivity index is 2.23. The molecule has 0 saturated carbocycles. The molecule has 1 fully saturated rings. The summed E-state index contributed by atoms with van der Waals surface area (Å²) in [6.07, 6.45) is 6.31. The lowest BCUT2D eigenvalue weighted by atomic mass is 10.1. The van der Waals surface area contributed by atoms with E-state index in [2.05, 4.69) is 52.8 Å². The minimum atomic E-state index is 0.180. The number of nitrogens with zero attached hydrogens (tertiary/aromatic N) is 1. The Morgan fingerprint density at radius 3 is 2.47 bits per heavy atom. The van der Waals surface area contributed by atoms with Crippen molar-refractivity contribution in [2.45, 2.75) is 25.0 Å². The number of hydrogen-bond donors (Lipinski definition) is 0. The molecule has 2 rings (SSSR count). The first-order valence-corrected chi connectivity index (χ1v) is 7.43. The molecule has 2 heterocycles. The van der Waals surface area contributed by atoms with Crippen LogP contribution in [0.5, 0.6) is 0 Å². The molecule has 0 N–H and O–H groups in total. The van der Waals surface area contributed by atoms with Crippen molar-refractivity contribution in [3.63, 3.8) is 0 Å². The average molecular weight is 400 g/mol. The van der Waals surface area contributed by atoms with Gasteiger partial charge in [0.25, 0.3) is 0 Å². The summed E-state index contributed by atoms with van der Waals surface area (Å²) in [5.41, 5.74) is 1.17. The fourth-order valence-electron chi connectivity index (χ4n) is 1.76. The Hall–Kier alpha value is 0.550. The Morgan fingerprint density at radius 2 is 1.93 bits per heavy atom. The maximum absolute atomic E-state index is 5.92. The van der Waals surface area contributed by atoms with E-state index >= 15 is 0 Å². The van der Waals surface area contributed by atoms with Crippen LogP contribution in [0.25, 0.3) is 0 Å². The number of alkyl halides is 1. The molecule has 1 aromatic rings. The van der Waals surface area contributed by atoms with Crippen molar-refractivity contribution in [2.24, 2.45) is 0 Å². The highest BCUT2D eigenvalue weighted by Gasteiger charge is 2.28. The first kappa shape index (κ1) is 12.0. The van der Waals surface area contributed by atoms with Crippen LogP contribution in [0.4, 0.5) is 0 Å². The van der Waals surface area contributed by atoms with Crippen molar-refractivity contribution in [1.29, 1.82) is 0 Å².